The Bertz CT molecular complexity index is 542. The third kappa shape index (κ3) is 2.94. The Morgan fingerprint density at radius 2 is 2.18 bits per heavy atom. The molecule has 90 valence electrons. The van der Waals surface area contributed by atoms with Gasteiger partial charge in [0.2, 0.25) is 0 Å². The van der Waals surface area contributed by atoms with E-state index in [1.165, 1.54) is 6.07 Å². The minimum Gasteiger partial charge on any atom is -0.479 e. The lowest BCUT2D eigenvalue weighted by Crippen LogP contribution is -1.94. The van der Waals surface area contributed by atoms with Gasteiger partial charge in [-0.05, 0) is 6.92 Å². The van der Waals surface area contributed by atoms with Crippen LogP contribution < -0.4 is 4.74 Å². The lowest BCUT2D eigenvalue weighted by atomic mass is 10.3. The van der Waals surface area contributed by atoms with E-state index in [1.54, 1.807) is 13.0 Å². The predicted molar refractivity (Wildman–Crippen MR) is 63.2 cm³/mol. The Balaban J connectivity index is 0.000000686. The van der Waals surface area contributed by atoms with Gasteiger partial charge >= 0.3 is 0 Å². The summed E-state index contributed by atoms with van der Waals surface area (Å²) in [7, 11) is 0. The van der Waals surface area contributed by atoms with Gasteiger partial charge in [-0.2, -0.15) is 5.26 Å². The number of ether oxygens (including phenoxy) is 1. The molecule has 0 fully saturated rings. The van der Waals surface area contributed by atoms with Crippen molar-refractivity contribution in [1.29, 1.82) is 5.26 Å². The van der Waals surface area contributed by atoms with E-state index in [9.17, 15) is 4.39 Å². The normalized spacial score (nSPS) is 9.35. The maximum atomic E-state index is 13.4. The minimum absolute atomic E-state index is 0.0991. The number of benzene rings is 1. The van der Waals surface area contributed by atoms with E-state index in [0.29, 0.717) is 17.1 Å². The SMILES string of the molecule is CC.Cc1nc2c(F)cc(OCC#N)cc2[nH]1. The largest absolute Gasteiger partial charge is 0.479 e. The summed E-state index contributed by atoms with van der Waals surface area (Å²) in [5.41, 5.74) is 0.859. The standard InChI is InChI=1S/C10H8FN3O.C2H6/c1-6-13-9-5-7(15-3-2-12)4-8(11)10(9)14-6;1-2/h4-5H,3H2,1H3,(H,13,14);1-2H3. The Kier molecular flexibility index (Phi) is 4.46. The summed E-state index contributed by atoms with van der Waals surface area (Å²) in [5.74, 6) is 0.510. The maximum Gasteiger partial charge on any atom is 0.174 e. The molecule has 0 aliphatic rings. The van der Waals surface area contributed by atoms with Crippen molar-refractivity contribution >= 4 is 11.0 Å². The maximum absolute atomic E-state index is 13.4. The fourth-order valence-corrected chi connectivity index (χ4v) is 1.37. The predicted octanol–water partition coefficient (Wildman–Crippen LogP) is 2.94. The van der Waals surface area contributed by atoms with E-state index in [1.807, 2.05) is 19.9 Å². The monoisotopic (exact) mass is 235 g/mol. The second-order valence-electron chi connectivity index (χ2n) is 3.07. The highest BCUT2D eigenvalue weighted by atomic mass is 19.1. The minimum atomic E-state index is -0.454. The smallest absolute Gasteiger partial charge is 0.174 e. The van der Waals surface area contributed by atoms with Crippen LogP contribution in [0.25, 0.3) is 11.0 Å². The van der Waals surface area contributed by atoms with Crippen LogP contribution >= 0.6 is 0 Å². The van der Waals surface area contributed by atoms with Crippen LogP contribution in [-0.4, -0.2) is 16.6 Å². The van der Waals surface area contributed by atoms with Crippen LogP contribution in [0.15, 0.2) is 12.1 Å². The number of rotatable bonds is 2. The highest BCUT2D eigenvalue weighted by Crippen LogP contribution is 2.22. The number of H-pyrrole nitrogens is 1. The molecule has 0 amide bonds. The number of aryl methyl sites for hydroxylation is 1. The molecule has 2 rings (SSSR count). The molecule has 1 heterocycles. The molecule has 1 aromatic carbocycles. The molecule has 0 bridgehead atoms. The Labute approximate surface area is 99.0 Å². The highest BCUT2D eigenvalue weighted by molar-refractivity contribution is 5.77. The van der Waals surface area contributed by atoms with E-state index in [4.69, 9.17) is 10.00 Å². The molecule has 0 unspecified atom stereocenters. The number of aromatic amines is 1. The topological polar surface area (TPSA) is 61.7 Å². The third-order valence-corrected chi connectivity index (χ3v) is 1.94. The van der Waals surface area contributed by atoms with Gasteiger partial charge in [0, 0.05) is 12.1 Å². The molecule has 0 radical (unpaired) electrons. The lowest BCUT2D eigenvalue weighted by molar-refractivity contribution is 0.366. The third-order valence-electron chi connectivity index (χ3n) is 1.94. The van der Waals surface area contributed by atoms with Crippen molar-refractivity contribution in [3.63, 3.8) is 0 Å². The average molecular weight is 235 g/mol. The summed E-state index contributed by atoms with van der Waals surface area (Å²) >= 11 is 0. The second-order valence-corrected chi connectivity index (χ2v) is 3.07. The molecule has 1 N–H and O–H groups in total. The van der Waals surface area contributed by atoms with E-state index < -0.39 is 5.82 Å². The van der Waals surface area contributed by atoms with Gasteiger partial charge < -0.3 is 9.72 Å². The van der Waals surface area contributed by atoms with E-state index in [2.05, 4.69) is 9.97 Å². The van der Waals surface area contributed by atoms with Crippen molar-refractivity contribution in [2.75, 3.05) is 6.61 Å². The van der Waals surface area contributed by atoms with Crippen molar-refractivity contribution in [1.82, 2.24) is 9.97 Å². The number of nitrogens with zero attached hydrogens (tertiary/aromatic N) is 2. The van der Waals surface area contributed by atoms with Crippen LogP contribution in [0, 0.1) is 24.1 Å². The summed E-state index contributed by atoms with van der Waals surface area (Å²) in [5, 5.41) is 8.33. The molecule has 0 saturated heterocycles. The number of hydrogen-bond donors (Lipinski definition) is 1. The summed E-state index contributed by atoms with van der Waals surface area (Å²) in [6, 6.07) is 4.66. The van der Waals surface area contributed by atoms with Crippen LogP contribution in [0.4, 0.5) is 4.39 Å². The molecule has 0 saturated carbocycles. The van der Waals surface area contributed by atoms with Crippen molar-refractivity contribution in [2.24, 2.45) is 0 Å². The molecule has 0 aliphatic heterocycles. The van der Waals surface area contributed by atoms with Crippen LogP contribution in [-0.2, 0) is 0 Å². The molecule has 1 aromatic heterocycles. The molecular weight excluding hydrogens is 221 g/mol. The van der Waals surface area contributed by atoms with Crippen LogP contribution in [0.3, 0.4) is 0 Å². The fraction of sp³-hybridized carbons (Fsp3) is 0.333. The molecule has 0 spiro atoms. The molecule has 5 heteroatoms. The second kappa shape index (κ2) is 5.85. The zero-order valence-electron chi connectivity index (χ0n) is 10.0. The van der Waals surface area contributed by atoms with Gasteiger partial charge in [0.1, 0.15) is 23.2 Å². The number of aromatic nitrogens is 2. The van der Waals surface area contributed by atoms with Crippen LogP contribution in [0.5, 0.6) is 5.75 Å². The number of nitriles is 1. The molecule has 0 atom stereocenters. The van der Waals surface area contributed by atoms with Gasteiger partial charge in [-0.25, -0.2) is 9.37 Å². The fourth-order valence-electron chi connectivity index (χ4n) is 1.37. The van der Waals surface area contributed by atoms with Gasteiger partial charge in [-0.1, -0.05) is 13.8 Å². The van der Waals surface area contributed by atoms with Crippen LogP contribution in [0.1, 0.15) is 19.7 Å². The van der Waals surface area contributed by atoms with Crippen LogP contribution in [0.2, 0.25) is 0 Å². The molecular formula is C12H14FN3O. The first kappa shape index (κ1) is 13.0. The summed E-state index contributed by atoms with van der Waals surface area (Å²) in [6.45, 7) is 5.65. The quantitative estimate of drug-likeness (QED) is 0.870. The zero-order chi connectivity index (χ0) is 12.8. The lowest BCUT2D eigenvalue weighted by Gasteiger charge is -2.01. The number of nitrogens with one attached hydrogen (secondary N) is 1. The number of fused-ring (bicyclic) bond motifs is 1. The van der Waals surface area contributed by atoms with Gasteiger partial charge in [0.05, 0.1) is 5.52 Å². The first-order chi connectivity index (χ1) is 8.20. The van der Waals surface area contributed by atoms with Gasteiger partial charge in [0.15, 0.2) is 12.4 Å². The highest BCUT2D eigenvalue weighted by Gasteiger charge is 2.08. The van der Waals surface area contributed by atoms with Gasteiger partial charge in [-0.15, -0.1) is 0 Å². The van der Waals surface area contributed by atoms with Gasteiger partial charge in [0.25, 0.3) is 0 Å². The Morgan fingerprint density at radius 1 is 1.47 bits per heavy atom. The number of halogens is 1. The first-order valence-corrected chi connectivity index (χ1v) is 5.36. The Morgan fingerprint density at radius 3 is 2.82 bits per heavy atom. The van der Waals surface area contributed by atoms with E-state index in [-0.39, 0.29) is 12.1 Å². The summed E-state index contributed by atoms with van der Waals surface area (Å²) in [4.78, 5) is 6.89. The van der Waals surface area contributed by atoms with Crippen molar-refractivity contribution in [3.05, 3.63) is 23.8 Å². The molecule has 4 nitrogen and oxygen atoms in total. The van der Waals surface area contributed by atoms with Gasteiger partial charge in [-0.3, -0.25) is 0 Å². The average Bonchev–Trinajstić information content (AvgIpc) is 2.70. The zero-order valence-corrected chi connectivity index (χ0v) is 10.0. The summed E-state index contributed by atoms with van der Waals surface area (Å²) in [6.07, 6.45) is 0. The Hall–Kier alpha value is -2.09. The van der Waals surface area contributed by atoms with Crippen molar-refractivity contribution < 1.29 is 9.13 Å². The number of imidazole rings is 1. The summed E-state index contributed by atoms with van der Waals surface area (Å²) < 4.78 is 18.4. The number of hydrogen-bond acceptors (Lipinski definition) is 3. The molecule has 0 aliphatic carbocycles. The van der Waals surface area contributed by atoms with E-state index in [0.717, 1.165) is 0 Å². The van der Waals surface area contributed by atoms with E-state index >= 15 is 0 Å². The van der Waals surface area contributed by atoms with Crippen molar-refractivity contribution in [2.45, 2.75) is 20.8 Å². The molecule has 17 heavy (non-hydrogen) atoms. The van der Waals surface area contributed by atoms with Crippen molar-refractivity contribution in [3.8, 4) is 11.8 Å². The first-order valence-electron chi connectivity index (χ1n) is 5.36. The molecule has 2 aromatic rings.